The molecule has 0 aromatic heterocycles. The maximum absolute atomic E-state index is 12.0. The monoisotopic (exact) mass is 331 g/mol. The summed E-state index contributed by atoms with van der Waals surface area (Å²) >= 11 is 0. The molecule has 2 aliphatic rings. The van der Waals surface area contributed by atoms with Crippen LogP contribution in [-0.4, -0.2) is 60.0 Å². The first-order valence-corrected chi connectivity index (χ1v) is 8.64. The number of hydrogen-bond acceptors (Lipinski definition) is 5. The quantitative estimate of drug-likeness (QED) is 0.654. The third-order valence-corrected chi connectivity index (χ3v) is 4.94. The number of amides is 1. The molecule has 6 heteroatoms. The molecule has 1 aromatic rings. The highest BCUT2D eigenvalue weighted by Gasteiger charge is 2.41. The van der Waals surface area contributed by atoms with Gasteiger partial charge in [-0.25, -0.2) is 4.79 Å². The number of anilines is 1. The van der Waals surface area contributed by atoms with Crippen LogP contribution in [0.5, 0.6) is 0 Å². The number of carbonyl (C=O) groups is 2. The van der Waals surface area contributed by atoms with Gasteiger partial charge >= 0.3 is 5.97 Å². The van der Waals surface area contributed by atoms with Gasteiger partial charge in [-0.05, 0) is 37.1 Å². The van der Waals surface area contributed by atoms with Crippen LogP contribution in [0.3, 0.4) is 0 Å². The average molecular weight is 331 g/mol. The van der Waals surface area contributed by atoms with Crippen molar-refractivity contribution in [2.45, 2.75) is 38.3 Å². The Kier molecular flexibility index (Phi) is 5.04. The first-order chi connectivity index (χ1) is 11.6. The van der Waals surface area contributed by atoms with Gasteiger partial charge in [0, 0.05) is 43.8 Å². The van der Waals surface area contributed by atoms with E-state index in [9.17, 15) is 9.59 Å². The standard InChI is InChI=1S/C18H25N3O3/c1-2-17(22)21-15-7-8-16(21)12-20(11-15)9-10-24-18(23)13-3-5-14(19)6-4-13/h3-6,15-16H,2,7-12,19H2,1H3. The van der Waals surface area contributed by atoms with Crippen molar-refractivity contribution >= 4 is 17.6 Å². The summed E-state index contributed by atoms with van der Waals surface area (Å²) in [6, 6.07) is 7.38. The fourth-order valence-electron chi connectivity index (χ4n) is 3.73. The summed E-state index contributed by atoms with van der Waals surface area (Å²) in [4.78, 5) is 28.4. The number of esters is 1. The Hall–Kier alpha value is -2.08. The molecule has 0 radical (unpaired) electrons. The molecule has 2 atom stereocenters. The number of ether oxygens (including phenoxy) is 1. The molecule has 0 aliphatic carbocycles. The minimum absolute atomic E-state index is 0.261. The van der Waals surface area contributed by atoms with Crippen molar-refractivity contribution < 1.29 is 14.3 Å². The number of benzene rings is 1. The van der Waals surface area contributed by atoms with Crippen LogP contribution in [0.4, 0.5) is 5.69 Å². The van der Waals surface area contributed by atoms with Crippen LogP contribution in [-0.2, 0) is 9.53 Å². The third kappa shape index (κ3) is 3.53. The lowest BCUT2D eigenvalue weighted by Crippen LogP contribution is -2.56. The molecule has 2 bridgehead atoms. The number of hydrogen-bond donors (Lipinski definition) is 1. The van der Waals surface area contributed by atoms with Crippen molar-refractivity contribution in [1.29, 1.82) is 0 Å². The number of carbonyl (C=O) groups excluding carboxylic acids is 2. The molecule has 1 amide bonds. The van der Waals surface area contributed by atoms with Crippen LogP contribution < -0.4 is 5.73 Å². The molecular formula is C18H25N3O3. The number of piperazine rings is 1. The van der Waals surface area contributed by atoms with Gasteiger partial charge in [0.05, 0.1) is 5.56 Å². The van der Waals surface area contributed by atoms with Gasteiger partial charge in [-0.1, -0.05) is 6.92 Å². The zero-order valence-electron chi connectivity index (χ0n) is 14.1. The minimum Gasteiger partial charge on any atom is -0.461 e. The molecule has 2 aliphatic heterocycles. The van der Waals surface area contributed by atoms with Crippen molar-refractivity contribution in [2.24, 2.45) is 0 Å². The Morgan fingerprint density at radius 3 is 2.38 bits per heavy atom. The van der Waals surface area contributed by atoms with E-state index in [1.807, 2.05) is 6.92 Å². The van der Waals surface area contributed by atoms with Gasteiger partial charge in [0.1, 0.15) is 6.61 Å². The zero-order valence-corrected chi connectivity index (χ0v) is 14.1. The number of nitrogen functional groups attached to an aromatic ring is 1. The maximum atomic E-state index is 12.0. The molecule has 2 heterocycles. The molecule has 24 heavy (non-hydrogen) atoms. The third-order valence-electron chi connectivity index (χ3n) is 4.94. The topological polar surface area (TPSA) is 75.9 Å². The molecule has 2 N–H and O–H groups in total. The predicted molar refractivity (Wildman–Crippen MR) is 91.5 cm³/mol. The lowest BCUT2D eigenvalue weighted by molar-refractivity contribution is -0.136. The van der Waals surface area contributed by atoms with Crippen molar-refractivity contribution in [1.82, 2.24) is 9.80 Å². The van der Waals surface area contributed by atoms with E-state index in [1.54, 1.807) is 24.3 Å². The maximum Gasteiger partial charge on any atom is 0.338 e. The number of rotatable bonds is 5. The lowest BCUT2D eigenvalue weighted by atomic mass is 10.1. The summed E-state index contributed by atoms with van der Waals surface area (Å²) in [5, 5.41) is 0. The second kappa shape index (κ2) is 7.21. The van der Waals surface area contributed by atoms with E-state index in [0.717, 1.165) is 25.9 Å². The van der Waals surface area contributed by atoms with E-state index in [2.05, 4.69) is 9.80 Å². The van der Waals surface area contributed by atoms with Crippen molar-refractivity contribution in [3.8, 4) is 0 Å². The highest BCUT2D eigenvalue weighted by atomic mass is 16.5. The number of fused-ring (bicyclic) bond motifs is 2. The number of nitrogens with zero attached hydrogens (tertiary/aromatic N) is 2. The van der Waals surface area contributed by atoms with Crippen LogP contribution in [0, 0.1) is 0 Å². The SMILES string of the molecule is CCC(=O)N1C2CCC1CN(CCOC(=O)c1ccc(N)cc1)C2. The Morgan fingerprint density at radius 1 is 1.17 bits per heavy atom. The zero-order chi connectivity index (χ0) is 17.1. The van der Waals surface area contributed by atoms with Crippen LogP contribution in [0.2, 0.25) is 0 Å². The van der Waals surface area contributed by atoms with E-state index in [-0.39, 0.29) is 11.9 Å². The molecule has 0 saturated carbocycles. The molecule has 6 nitrogen and oxygen atoms in total. The molecule has 0 spiro atoms. The number of likely N-dealkylation sites (tertiary alicyclic amines) is 1. The van der Waals surface area contributed by atoms with Gasteiger partial charge < -0.3 is 15.4 Å². The van der Waals surface area contributed by atoms with E-state index in [0.29, 0.717) is 42.9 Å². The predicted octanol–water partition coefficient (Wildman–Crippen LogP) is 1.51. The largest absolute Gasteiger partial charge is 0.461 e. The molecule has 2 fully saturated rings. The van der Waals surface area contributed by atoms with Crippen molar-refractivity contribution in [2.75, 3.05) is 32.0 Å². The highest BCUT2D eigenvalue weighted by Crippen LogP contribution is 2.30. The summed E-state index contributed by atoms with van der Waals surface area (Å²) in [6.45, 7) is 4.75. The van der Waals surface area contributed by atoms with E-state index >= 15 is 0 Å². The second-order valence-electron chi connectivity index (χ2n) is 6.56. The molecule has 1 aromatic carbocycles. The van der Waals surface area contributed by atoms with Gasteiger partial charge in [-0.2, -0.15) is 0 Å². The minimum atomic E-state index is -0.322. The first kappa shape index (κ1) is 16.8. The van der Waals surface area contributed by atoms with Crippen molar-refractivity contribution in [3.05, 3.63) is 29.8 Å². The van der Waals surface area contributed by atoms with Crippen molar-refractivity contribution in [3.63, 3.8) is 0 Å². The van der Waals surface area contributed by atoms with E-state index < -0.39 is 0 Å². The fraction of sp³-hybridized carbons (Fsp3) is 0.556. The Balaban J connectivity index is 1.46. The summed E-state index contributed by atoms with van der Waals surface area (Å²) < 4.78 is 5.36. The summed E-state index contributed by atoms with van der Waals surface area (Å²) in [5.74, 6) is -0.0605. The van der Waals surface area contributed by atoms with Crippen LogP contribution >= 0.6 is 0 Å². The molecule has 2 unspecified atom stereocenters. The van der Waals surface area contributed by atoms with Gasteiger partial charge in [0.15, 0.2) is 0 Å². The summed E-state index contributed by atoms with van der Waals surface area (Å²) in [7, 11) is 0. The molecular weight excluding hydrogens is 306 g/mol. The normalized spacial score (nSPS) is 23.3. The summed E-state index contributed by atoms with van der Waals surface area (Å²) in [6.07, 6.45) is 2.74. The highest BCUT2D eigenvalue weighted by molar-refractivity contribution is 5.89. The first-order valence-electron chi connectivity index (χ1n) is 8.64. The Bertz CT molecular complexity index is 588. The van der Waals surface area contributed by atoms with Gasteiger partial charge in [0.25, 0.3) is 0 Å². The second-order valence-corrected chi connectivity index (χ2v) is 6.56. The smallest absolute Gasteiger partial charge is 0.338 e. The molecule has 130 valence electrons. The van der Waals surface area contributed by atoms with Crippen LogP contribution in [0.25, 0.3) is 0 Å². The Labute approximate surface area is 142 Å². The van der Waals surface area contributed by atoms with Gasteiger partial charge in [-0.15, -0.1) is 0 Å². The lowest BCUT2D eigenvalue weighted by Gasteiger charge is -2.41. The molecule has 3 rings (SSSR count). The van der Waals surface area contributed by atoms with E-state index in [1.165, 1.54) is 0 Å². The van der Waals surface area contributed by atoms with Gasteiger partial charge in [-0.3, -0.25) is 9.69 Å². The Morgan fingerprint density at radius 2 is 1.79 bits per heavy atom. The summed E-state index contributed by atoms with van der Waals surface area (Å²) in [5.41, 5.74) is 6.75. The average Bonchev–Trinajstić information content (AvgIpc) is 2.85. The van der Waals surface area contributed by atoms with Gasteiger partial charge in [0.2, 0.25) is 5.91 Å². The van der Waals surface area contributed by atoms with E-state index in [4.69, 9.17) is 10.5 Å². The molecule has 2 saturated heterocycles. The fourth-order valence-corrected chi connectivity index (χ4v) is 3.73. The van der Waals surface area contributed by atoms with Crippen LogP contribution in [0.15, 0.2) is 24.3 Å². The van der Waals surface area contributed by atoms with Crippen LogP contribution in [0.1, 0.15) is 36.5 Å². The number of nitrogens with two attached hydrogens (primary N) is 1.